The molecule has 1 N–H and O–H groups in total. The normalized spacial score (nSPS) is 11.9. The van der Waals surface area contributed by atoms with E-state index in [9.17, 15) is 13.2 Å². The van der Waals surface area contributed by atoms with Crippen molar-refractivity contribution in [3.63, 3.8) is 0 Å². The molecule has 0 fully saturated rings. The van der Waals surface area contributed by atoms with Crippen LogP contribution in [0.25, 0.3) is 0 Å². The van der Waals surface area contributed by atoms with Crippen LogP contribution in [-0.4, -0.2) is 37.4 Å². The summed E-state index contributed by atoms with van der Waals surface area (Å²) >= 11 is 1.01. The molecule has 1 rings (SSSR count). The van der Waals surface area contributed by atoms with Crippen molar-refractivity contribution >= 4 is 27.3 Å². The first-order valence-electron chi connectivity index (χ1n) is 5.14. The van der Waals surface area contributed by atoms with E-state index in [1.807, 2.05) is 6.92 Å². The van der Waals surface area contributed by atoms with Crippen molar-refractivity contribution in [2.24, 2.45) is 0 Å². The maximum absolute atomic E-state index is 12.0. The summed E-state index contributed by atoms with van der Waals surface area (Å²) in [6.07, 6.45) is 0.598. The molecule has 0 aliphatic carbocycles. The summed E-state index contributed by atoms with van der Waals surface area (Å²) in [6, 6.07) is 3.01. The van der Waals surface area contributed by atoms with E-state index in [-0.39, 0.29) is 10.6 Å². The standard InChI is InChI=1S/C10H15NO4S2/c1-3-6-11(2)17(14,15)10-5-4-8(16-10)7-9(12)13/h4-5H,3,6-7H2,1-2H3,(H,12,13). The van der Waals surface area contributed by atoms with Crippen molar-refractivity contribution in [2.45, 2.75) is 24.0 Å². The molecule has 0 aromatic carbocycles. The summed E-state index contributed by atoms with van der Waals surface area (Å²) in [5.41, 5.74) is 0. The lowest BCUT2D eigenvalue weighted by Gasteiger charge is -2.14. The van der Waals surface area contributed by atoms with Gasteiger partial charge in [-0.25, -0.2) is 12.7 Å². The van der Waals surface area contributed by atoms with E-state index in [4.69, 9.17) is 5.11 Å². The third kappa shape index (κ3) is 3.52. The van der Waals surface area contributed by atoms with Gasteiger partial charge in [0.1, 0.15) is 4.21 Å². The first-order valence-corrected chi connectivity index (χ1v) is 7.40. The molecule has 0 bridgehead atoms. The average Bonchev–Trinajstić information content (AvgIpc) is 2.66. The number of nitrogens with zero attached hydrogens (tertiary/aromatic N) is 1. The maximum Gasteiger partial charge on any atom is 0.308 e. The van der Waals surface area contributed by atoms with Gasteiger partial charge in [0.15, 0.2) is 0 Å². The fourth-order valence-electron chi connectivity index (χ4n) is 1.33. The summed E-state index contributed by atoms with van der Waals surface area (Å²) in [5, 5.41) is 8.62. The second-order valence-corrected chi connectivity index (χ2v) is 7.06. The van der Waals surface area contributed by atoms with Crippen LogP contribution in [0.15, 0.2) is 16.3 Å². The van der Waals surface area contributed by atoms with E-state index in [0.717, 1.165) is 17.8 Å². The number of carbonyl (C=O) groups is 1. The molecule has 7 heteroatoms. The molecule has 0 amide bonds. The molecule has 1 aromatic heterocycles. The van der Waals surface area contributed by atoms with E-state index in [0.29, 0.717) is 11.4 Å². The summed E-state index contributed by atoms with van der Waals surface area (Å²) < 4.78 is 25.5. The lowest BCUT2D eigenvalue weighted by molar-refractivity contribution is -0.136. The van der Waals surface area contributed by atoms with Gasteiger partial charge in [0.25, 0.3) is 10.0 Å². The fraction of sp³-hybridized carbons (Fsp3) is 0.500. The Morgan fingerprint density at radius 1 is 1.47 bits per heavy atom. The highest BCUT2D eigenvalue weighted by molar-refractivity contribution is 7.91. The Morgan fingerprint density at radius 2 is 2.12 bits per heavy atom. The van der Waals surface area contributed by atoms with Crippen LogP contribution in [0.2, 0.25) is 0 Å². The highest BCUT2D eigenvalue weighted by atomic mass is 32.2. The van der Waals surface area contributed by atoms with Crippen LogP contribution in [0.3, 0.4) is 0 Å². The molecule has 5 nitrogen and oxygen atoms in total. The second kappa shape index (κ2) is 5.61. The van der Waals surface area contributed by atoms with Gasteiger partial charge in [-0.1, -0.05) is 6.92 Å². The molecule has 1 heterocycles. The van der Waals surface area contributed by atoms with Crippen LogP contribution in [0.1, 0.15) is 18.2 Å². The molecule has 0 aliphatic heterocycles. The Morgan fingerprint density at radius 3 is 2.65 bits per heavy atom. The van der Waals surface area contributed by atoms with Gasteiger partial charge in [0.2, 0.25) is 0 Å². The number of aliphatic carboxylic acids is 1. The highest BCUT2D eigenvalue weighted by Crippen LogP contribution is 2.24. The number of rotatable bonds is 6. The van der Waals surface area contributed by atoms with Gasteiger partial charge < -0.3 is 5.11 Å². The molecule has 96 valence electrons. The molecule has 0 aliphatic rings. The minimum Gasteiger partial charge on any atom is -0.481 e. The molecule has 0 unspecified atom stereocenters. The minimum atomic E-state index is -3.46. The Kier molecular flexibility index (Phi) is 4.67. The van der Waals surface area contributed by atoms with Crippen LogP contribution in [0.4, 0.5) is 0 Å². The van der Waals surface area contributed by atoms with Crippen LogP contribution in [0, 0.1) is 0 Å². The van der Waals surface area contributed by atoms with Crippen LogP contribution in [0.5, 0.6) is 0 Å². The molecule has 0 radical (unpaired) electrons. The summed E-state index contributed by atoms with van der Waals surface area (Å²) in [5.74, 6) is -0.960. The fourth-order valence-corrected chi connectivity index (χ4v) is 4.15. The Bertz CT molecular complexity index is 492. The second-order valence-electron chi connectivity index (χ2n) is 3.62. The third-order valence-corrected chi connectivity index (χ3v) is 5.58. The van der Waals surface area contributed by atoms with Crippen molar-refractivity contribution < 1.29 is 18.3 Å². The van der Waals surface area contributed by atoms with Crippen molar-refractivity contribution in [2.75, 3.05) is 13.6 Å². The van der Waals surface area contributed by atoms with Gasteiger partial charge in [0.05, 0.1) is 6.42 Å². The molecular weight excluding hydrogens is 262 g/mol. The van der Waals surface area contributed by atoms with Gasteiger partial charge in [-0.2, -0.15) is 0 Å². The SMILES string of the molecule is CCCN(C)S(=O)(=O)c1ccc(CC(=O)O)s1. The van der Waals surface area contributed by atoms with Crippen LogP contribution >= 0.6 is 11.3 Å². The third-order valence-electron chi connectivity index (χ3n) is 2.17. The van der Waals surface area contributed by atoms with E-state index in [1.165, 1.54) is 17.4 Å². The van der Waals surface area contributed by atoms with Crippen molar-refractivity contribution in [1.29, 1.82) is 0 Å². The zero-order valence-electron chi connectivity index (χ0n) is 9.71. The monoisotopic (exact) mass is 277 g/mol. The minimum absolute atomic E-state index is 0.141. The van der Waals surface area contributed by atoms with E-state index >= 15 is 0 Å². The van der Waals surface area contributed by atoms with Gasteiger partial charge >= 0.3 is 5.97 Å². The summed E-state index contributed by atoms with van der Waals surface area (Å²) in [7, 11) is -1.93. The molecular formula is C10H15NO4S2. The van der Waals surface area contributed by atoms with Crippen molar-refractivity contribution in [3.8, 4) is 0 Å². The van der Waals surface area contributed by atoms with Crippen molar-refractivity contribution in [3.05, 3.63) is 17.0 Å². The average molecular weight is 277 g/mol. The predicted molar refractivity (Wildman–Crippen MR) is 65.8 cm³/mol. The molecule has 0 saturated heterocycles. The van der Waals surface area contributed by atoms with Gasteiger partial charge in [0, 0.05) is 18.5 Å². The molecule has 17 heavy (non-hydrogen) atoms. The number of carboxylic acids is 1. The van der Waals surface area contributed by atoms with E-state index in [2.05, 4.69) is 0 Å². The smallest absolute Gasteiger partial charge is 0.308 e. The van der Waals surface area contributed by atoms with Crippen LogP contribution < -0.4 is 0 Å². The van der Waals surface area contributed by atoms with Crippen molar-refractivity contribution in [1.82, 2.24) is 4.31 Å². The van der Waals surface area contributed by atoms with E-state index < -0.39 is 16.0 Å². The number of sulfonamides is 1. The van der Waals surface area contributed by atoms with Crippen LogP contribution in [-0.2, 0) is 21.2 Å². The van der Waals surface area contributed by atoms with E-state index in [1.54, 1.807) is 6.07 Å². The predicted octanol–water partition coefficient (Wildman–Crippen LogP) is 1.41. The molecule has 1 aromatic rings. The number of carboxylic acid groups (broad SMARTS) is 1. The first-order chi connectivity index (χ1) is 7.87. The Labute approximate surface area is 105 Å². The topological polar surface area (TPSA) is 74.7 Å². The molecule has 0 spiro atoms. The molecule has 0 atom stereocenters. The first kappa shape index (κ1) is 14.1. The van der Waals surface area contributed by atoms with Gasteiger partial charge in [-0.05, 0) is 18.6 Å². The largest absolute Gasteiger partial charge is 0.481 e. The lowest BCUT2D eigenvalue weighted by Crippen LogP contribution is -2.26. The summed E-state index contributed by atoms with van der Waals surface area (Å²) in [4.78, 5) is 11.1. The number of thiophene rings is 1. The number of hydrogen-bond acceptors (Lipinski definition) is 4. The zero-order valence-corrected chi connectivity index (χ0v) is 11.3. The highest BCUT2D eigenvalue weighted by Gasteiger charge is 2.22. The quantitative estimate of drug-likeness (QED) is 0.853. The zero-order chi connectivity index (χ0) is 13.1. The summed E-state index contributed by atoms with van der Waals surface area (Å²) in [6.45, 7) is 2.35. The van der Waals surface area contributed by atoms with Gasteiger partial charge in [-0.3, -0.25) is 4.79 Å². The Balaban J connectivity index is 2.92. The molecule has 0 saturated carbocycles. The Hall–Kier alpha value is -0.920. The maximum atomic E-state index is 12.0. The number of hydrogen-bond donors (Lipinski definition) is 1. The lowest BCUT2D eigenvalue weighted by atomic mass is 10.3. The van der Waals surface area contributed by atoms with Gasteiger partial charge in [-0.15, -0.1) is 11.3 Å².